The molecule has 1 N–H and O–H groups in total. The maximum atomic E-state index is 12.3. The van der Waals surface area contributed by atoms with Crippen molar-refractivity contribution in [3.63, 3.8) is 0 Å². The quantitative estimate of drug-likeness (QED) is 0.930. The van der Waals surface area contributed by atoms with E-state index in [1.165, 1.54) is 12.8 Å². The second-order valence-electron chi connectivity index (χ2n) is 6.46. The summed E-state index contributed by atoms with van der Waals surface area (Å²) in [6.45, 7) is 2.63. The van der Waals surface area contributed by atoms with Crippen LogP contribution in [0.25, 0.3) is 0 Å². The zero-order valence-electron chi connectivity index (χ0n) is 13.9. The van der Waals surface area contributed by atoms with Crippen LogP contribution >= 0.6 is 0 Å². The van der Waals surface area contributed by atoms with Gasteiger partial charge in [-0.3, -0.25) is 9.59 Å². The number of nitrogens with one attached hydrogen (secondary N) is 1. The van der Waals surface area contributed by atoms with Gasteiger partial charge in [0.05, 0.1) is 11.9 Å². The van der Waals surface area contributed by atoms with Gasteiger partial charge in [0.15, 0.2) is 0 Å². The maximum absolute atomic E-state index is 12.3. The van der Waals surface area contributed by atoms with E-state index < -0.39 is 0 Å². The Bertz CT molecular complexity index is 797. The summed E-state index contributed by atoms with van der Waals surface area (Å²) in [5, 5.41) is 2.77. The summed E-state index contributed by atoms with van der Waals surface area (Å²) in [5.74, 6) is 0.183. The minimum atomic E-state index is -0.234. The monoisotopic (exact) mass is 336 g/mol. The SMILES string of the molecule is O=C(CN1Cc2ccccc2C1=O)Nc1ccc(N2CCCC2)cn1. The van der Waals surface area contributed by atoms with Crippen LogP contribution in [0.2, 0.25) is 0 Å². The lowest BCUT2D eigenvalue weighted by atomic mass is 10.1. The molecule has 3 heterocycles. The molecule has 1 fully saturated rings. The third-order valence-electron chi connectivity index (χ3n) is 4.72. The highest BCUT2D eigenvalue weighted by Crippen LogP contribution is 2.22. The van der Waals surface area contributed by atoms with Crippen LogP contribution in [0, 0.1) is 0 Å². The first-order chi connectivity index (χ1) is 12.2. The third-order valence-corrected chi connectivity index (χ3v) is 4.72. The highest BCUT2D eigenvalue weighted by atomic mass is 16.2. The van der Waals surface area contributed by atoms with Crippen LogP contribution in [0.1, 0.15) is 28.8 Å². The zero-order valence-corrected chi connectivity index (χ0v) is 13.9. The van der Waals surface area contributed by atoms with Crippen molar-refractivity contribution in [1.29, 1.82) is 0 Å². The van der Waals surface area contributed by atoms with Gasteiger partial charge in [-0.25, -0.2) is 4.98 Å². The topological polar surface area (TPSA) is 65.5 Å². The highest BCUT2D eigenvalue weighted by Gasteiger charge is 2.28. The van der Waals surface area contributed by atoms with E-state index >= 15 is 0 Å². The number of amides is 2. The number of nitrogens with zero attached hydrogens (tertiary/aromatic N) is 3. The fourth-order valence-electron chi connectivity index (χ4n) is 3.42. The molecule has 128 valence electrons. The summed E-state index contributed by atoms with van der Waals surface area (Å²) >= 11 is 0. The van der Waals surface area contributed by atoms with Gasteiger partial charge in [-0.05, 0) is 36.6 Å². The summed E-state index contributed by atoms with van der Waals surface area (Å²) in [4.78, 5) is 32.7. The van der Waals surface area contributed by atoms with E-state index in [0.29, 0.717) is 17.9 Å². The third kappa shape index (κ3) is 3.20. The van der Waals surface area contributed by atoms with Gasteiger partial charge in [0.25, 0.3) is 5.91 Å². The Morgan fingerprint density at radius 3 is 2.64 bits per heavy atom. The van der Waals surface area contributed by atoms with Crippen LogP contribution in [-0.2, 0) is 11.3 Å². The second kappa shape index (κ2) is 6.55. The van der Waals surface area contributed by atoms with E-state index in [4.69, 9.17) is 0 Å². The number of hydrogen-bond donors (Lipinski definition) is 1. The first kappa shape index (κ1) is 15.6. The molecule has 6 nitrogen and oxygen atoms in total. The number of anilines is 2. The van der Waals surface area contributed by atoms with Crippen LogP contribution in [0.15, 0.2) is 42.6 Å². The van der Waals surface area contributed by atoms with Gasteiger partial charge in [-0.15, -0.1) is 0 Å². The lowest BCUT2D eigenvalue weighted by molar-refractivity contribution is -0.116. The molecule has 1 aromatic heterocycles. The number of aromatic nitrogens is 1. The van der Waals surface area contributed by atoms with Crippen LogP contribution in [0.4, 0.5) is 11.5 Å². The van der Waals surface area contributed by atoms with Gasteiger partial charge in [-0.2, -0.15) is 0 Å². The molecule has 0 bridgehead atoms. The number of benzene rings is 1. The molecular formula is C19H20N4O2. The zero-order chi connectivity index (χ0) is 17.2. The van der Waals surface area contributed by atoms with E-state index in [1.54, 1.807) is 17.2 Å². The van der Waals surface area contributed by atoms with Crippen LogP contribution in [-0.4, -0.2) is 41.3 Å². The Morgan fingerprint density at radius 1 is 1.12 bits per heavy atom. The number of carbonyl (C=O) groups is 2. The Balaban J connectivity index is 1.36. The standard InChI is InChI=1S/C19H20N4O2/c24-18(13-23-12-14-5-1-2-6-16(14)19(23)25)21-17-8-7-15(11-20-17)22-9-3-4-10-22/h1-2,5-8,11H,3-4,9-10,12-13H2,(H,20,21,24). The van der Waals surface area contributed by atoms with Crippen molar-refractivity contribution < 1.29 is 9.59 Å². The molecule has 1 saturated heterocycles. The fourth-order valence-corrected chi connectivity index (χ4v) is 3.42. The largest absolute Gasteiger partial charge is 0.370 e. The van der Waals surface area contributed by atoms with E-state index in [1.807, 2.05) is 30.3 Å². The molecule has 2 aromatic rings. The van der Waals surface area contributed by atoms with Gasteiger partial charge in [0, 0.05) is 25.2 Å². The number of rotatable bonds is 4. The molecule has 1 aromatic carbocycles. The molecule has 6 heteroatoms. The first-order valence-electron chi connectivity index (χ1n) is 8.59. The Hall–Kier alpha value is -2.89. The maximum Gasteiger partial charge on any atom is 0.254 e. The molecule has 4 rings (SSSR count). The Kier molecular flexibility index (Phi) is 4.09. The predicted octanol–water partition coefficient (Wildman–Crippen LogP) is 2.28. The molecule has 2 aliphatic rings. The smallest absolute Gasteiger partial charge is 0.254 e. The van der Waals surface area contributed by atoms with Crippen molar-refractivity contribution in [2.75, 3.05) is 29.9 Å². The summed E-state index contributed by atoms with van der Waals surface area (Å²) in [6, 6.07) is 11.3. The van der Waals surface area contributed by atoms with Crippen LogP contribution < -0.4 is 10.2 Å². The number of pyridine rings is 1. The average Bonchev–Trinajstić information content (AvgIpc) is 3.25. The van der Waals surface area contributed by atoms with Crippen molar-refractivity contribution in [1.82, 2.24) is 9.88 Å². The molecule has 0 spiro atoms. The minimum absolute atomic E-state index is 0.0308. The van der Waals surface area contributed by atoms with Crippen molar-refractivity contribution in [2.45, 2.75) is 19.4 Å². The van der Waals surface area contributed by atoms with E-state index in [-0.39, 0.29) is 18.4 Å². The highest BCUT2D eigenvalue weighted by molar-refractivity contribution is 6.01. The number of carbonyl (C=O) groups excluding carboxylic acids is 2. The molecule has 0 radical (unpaired) electrons. The van der Waals surface area contributed by atoms with Gasteiger partial charge < -0.3 is 15.1 Å². The summed E-state index contributed by atoms with van der Waals surface area (Å²) in [7, 11) is 0. The molecule has 0 atom stereocenters. The fraction of sp³-hybridized carbons (Fsp3) is 0.316. The molecule has 0 aliphatic carbocycles. The lowest BCUT2D eigenvalue weighted by Crippen LogP contribution is -2.33. The van der Waals surface area contributed by atoms with E-state index in [9.17, 15) is 9.59 Å². The van der Waals surface area contributed by atoms with E-state index in [0.717, 1.165) is 24.3 Å². The predicted molar refractivity (Wildman–Crippen MR) is 95.5 cm³/mol. The second-order valence-corrected chi connectivity index (χ2v) is 6.46. The molecule has 0 saturated carbocycles. The van der Waals surface area contributed by atoms with Crippen molar-refractivity contribution in [2.24, 2.45) is 0 Å². The molecule has 0 unspecified atom stereocenters. The Morgan fingerprint density at radius 2 is 1.92 bits per heavy atom. The molecule has 2 amide bonds. The van der Waals surface area contributed by atoms with Crippen molar-refractivity contribution in [3.05, 3.63) is 53.7 Å². The first-order valence-corrected chi connectivity index (χ1v) is 8.59. The molecular weight excluding hydrogens is 316 g/mol. The molecule has 2 aliphatic heterocycles. The van der Waals surface area contributed by atoms with Gasteiger partial charge in [0.1, 0.15) is 12.4 Å². The summed E-state index contributed by atoms with van der Waals surface area (Å²) in [6.07, 6.45) is 4.22. The number of fused-ring (bicyclic) bond motifs is 1. The lowest BCUT2D eigenvalue weighted by Gasteiger charge is -2.18. The summed E-state index contributed by atoms with van der Waals surface area (Å²) < 4.78 is 0. The Labute approximate surface area is 146 Å². The van der Waals surface area contributed by atoms with Gasteiger partial charge in [0.2, 0.25) is 5.91 Å². The van der Waals surface area contributed by atoms with Gasteiger partial charge >= 0.3 is 0 Å². The minimum Gasteiger partial charge on any atom is -0.370 e. The average molecular weight is 336 g/mol. The van der Waals surface area contributed by atoms with Crippen LogP contribution in [0.5, 0.6) is 0 Å². The van der Waals surface area contributed by atoms with Crippen molar-refractivity contribution in [3.8, 4) is 0 Å². The number of hydrogen-bond acceptors (Lipinski definition) is 4. The van der Waals surface area contributed by atoms with Crippen molar-refractivity contribution >= 4 is 23.3 Å². The molecule has 25 heavy (non-hydrogen) atoms. The van der Waals surface area contributed by atoms with Crippen LogP contribution in [0.3, 0.4) is 0 Å². The van der Waals surface area contributed by atoms with E-state index in [2.05, 4.69) is 15.2 Å². The normalized spacial score (nSPS) is 16.2. The summed E-state index contributed by atoms with van der Waals surface area (Å²) in [5.41, 5.74) is 2.73. The van der Waals surface area contributed by atoms with Gasteiger partial charge in [-0.1, -0.05) is 18.2 Å².